The third kappa shape index (κ3) is 4.10. The summed E-state index contributed by atoms with van der Waals surface area (Å²) in [6, 6.07) is 3.17. The molecule has 2 rings (SSSR count). The van der Waals surface area contributed by atoms with Gasteiger partial charge < -0.3 is 16.4 Å². The molecular formula is C14H18F3N3O. The molecule has 1 aliphatic heterocycles. The second-order valence-corrected chi connectivity index (χ2v) is 5.14. The molecule has 1 amide bonds. The zero-order chi connectivity index (χ0) is 15.5. The molecular weight excluding hydrogens is 283 g/mol. The van der Waals surface area contributed by atoms with Crippen molar-refractivity contribution < 1.29 is 18.0 Å². The number of halogens is 3. The molecule has 7 heteroatoms. The van der Waals surface area contributed by atoms with Gasteiger partial charge in [0.25, 0.3) is 5.91 Å². The molecule has 0 spiro atoms. The van der Waals surface area contributed by atoms with Crippen LogP contribution in [0.2, 0.25) is 0 Å². The van der Waals surface area contributed by atoms with E-state index >= 15 is 0 Å². The lowest BCUT2D eigenvalue weighted by Crippen LogP contribution is -2.24. The number of nitrogens with two attached hydrogens (primary N) is 1. The van der Waals surface area contributed by atoms with Crippen LogP contribution in [0.15, 0.2) is 18.2 Å². The van der Waals surface area contributed by atoms with Gasteiger partial charge in [0.15, 0.2) is 0 Å². The molecule has 21 heavy (non-hydrogen) atoms. The van der Waals surface area contributed by atoms with Crippen LogP contribution >= 0.6 is 0 Å². The molecule has 1 fully saturated rings. The average Bonchev–Trinajstić information content (AvgIpc) is 2.66. The Morgan fingerprint density at radius 2 is 2.05 bits per heavy atom. The number of anilines is 1. The van der Waals surface area contributed by atoms with Gasteiger partial charge in [-0.1, -0.05) is 0 Å². The Labute approximate surface area is 120 Å². The van der Waals surface area contributed by atoms with Crippen molar-refractivity contribution in [3.8, 4) is 0 Å². The number of rotatable bonds is 3. The number of primary amides is 1. The van der Waals surface area contributed by atoms with Gasteiger partial charge in [0.2, 0.25) is 0 Å². The molecule has 4 nitrogen and oxygen atoms in total. The summed E-state index contributed by atoms with van der Waals surface area (Å²) in [6.45, 7) is 1.76. The number of nitrogens with one attached hydrogen (secondary N) is 2. The number of benzene rings is 1. The number of amides is 1. The lowest BCUT2D eigenvalue weighted by molar-refractivity contribution is -0.137. The van der Waals surface area contributed by atoms with Crippen molar-refractivity contribution in [1.82, 2.24) is 5.32 Å². The van der Waals surface area contributed by atoms with Crippen LogP contribution in [0.5, 0.6) is 0 Å². The molecule has 0 aromatic heterocycles. The molecule has 0 aliphatic carbocycles. The van der Waals surface area contributed by atoms with E-state index in [2.05, 4.69) is 10.6 Å². The molecule has 1 saturated heterocycles. The highest BCUT2D eigenvalue weighted by Crippen LogP contribution is 2.32. The number of alkyl halides is 3. The monoisotopic (exact) mass is 301 g/mol. The van der Waals surface area contributed by atoms with E-state index in [9.17, 15) is 18.0 Å². The minimum absolute atomic E-state index is 0.120. The molecule has 1 atom stereocenters. The summed E-state index contributed by atoms with van der Waals surface area (Å²) >= 11 is 0. The van der Waals surface area contributed by atoms with Crippen LogP contribution in [-0.2, 0) is 6.18 Å². The van der Waals surface area contributed by atoms with Gasteiger partial charge in [-0.05, 0) is 50.6 Å². The topological polar surface area (TPSA) is 67.2 Å². The summed E-state index contributed by atoms with van der Waals surface area (Å²) in [5.74, 6) is -0.865. The predicted molar refractivity (Wildman–Crippen MR) is 74.1 cm³/mol. The third-order valence-corrected chi connectivity index (χ3v) is 3.55. The molecule has 1 aromatic carbocycles. The Hall–Kier alpha value is -1.76. The normalized spacial score (nSPS) is 19.9. The number of carbonyl (C=O) groups excluding carboxylic acids is 1. The highest BCUT2D eigenvalue weighted by Gasteiger charge is 2.31. The van der Waals surface area contributed by atoms with Crippen molar-refractivity contribution in [2.45, 2.75) is 31.5 Å². The van der Waals surface area contributed by atoms with Crippen LogP contribution in [0.25, 0.3) is 0 Å². The zero-order valence-corrected chi connectivity index (χ0v) is 11.5. The van der Waals surface area contributed by atoms with Gasteiger partial charge in [0.1, 0.15) is 0 Å². The summed E-state index contributed by atoms with van der Waals surface area (Å²) in [5, 5.41) is 6.39. The fourth-order valence-electron chi connectivity index (χ4n) is 2.43. The van der Waals surface area contributed by atoms with Gasteiger partial charge in [0, 0.05) is 11.7 Å². The van der Waals surface area contributed by atoms with E-state index in [1.165, 1.54) is 6.07 Å². The Kier molecular flexibility index (Phi) is 4.72. The van der Waals surface area contributed by atoms with E-state index in [0.717, 1.165) is 44.5 Å². The Balaban J connectivity index is 2.24. The van der Waals surface area contributed by atoms with Crippen LogP contribution in [0.3, 0.4) is 0 Å². The van der Waals surface area contributed by atoms with E-state index in [1.54, 1.807) is 0 Å². The van der Waals surface area contributed by atoms with Crippen LogP contribution in [0.4, 0.5) is 18.9 Å². The number of hydrogen-bond donors (Lipinski definition) is 3. The molecule has 0 saturated carbocycles. The first-order valence-electron chi connectivity index (χ1n) is 6.86. The summed E-state index contributed by atoms with van der Waals surface area (Å²) in [4.78, 5) is 11.4. The molecule has 1 aliphatic rings. The average molecular weight is 301 g/mol. The highest BCUT2D eigenvalue weighted by atomic mass is 19.4. The van der Waals surface area contributed by atoms with Crippen molar-refractivity contribution in [3.05, 3.63) is 29.3 Å². The summed E-state index contributed by atoms with van der Waals surface area (Å²) in [7, 11) is 0. The van der Waals surface area contributed by atoms with Gasteiger partial charge in [-0.3, -0.25) is 4.79 Å². The highest BCUT2D eigenvalue weighted by molar-refractivity contribution is 5.98. The van der Waals surface area contributed by atoms with Crippen molar-refractivity contribution >= 4 is 11.6 Å². The van der Waals surface area contributed by atoms with Crippen LogP contribution in [0, 0.1) is 0 Å². The van der Waals surface area contributed by atoms with E-state index < -0.39 is 17.6 Å². The van der Waals surface area contributed by atoms with Gasteiger partial charge in [-0.15, -0.1) is 0 Å². The second-order valence-electron chi connectivity index (χ2n) is 5.14. The molecule has 4 N–H and O–H groups in total. The molecule has 116 valence electrons. The lowest BCUT2D eigenvalue weighted by atomic mass is 10.0. The van der Waals surface area contributed by atoms with Gasteiger partial charge in [-0.2, -0.15) is 13.2 Å². The van der Waals surface area contributed by atoms with Crippen LogP contribution in [-0.4, -0.2) is 25.0 Å². The molecule has 0 radical (unpaired) electrons. The molecule has 1 unspecified atom stereocenters. The van der Waals surface area contributed by atoms with E-state index in [4.69, 9.17) is 5.73 Å². The zero-order valence-electron chi connectivity index (χ0n) is 11.5. The van der Waals surface area contributed by atoms with Crippen LogP contribution in [0.1, 0.15) is 35.2 Å². The summed E-state index contributed by atoms with van der Waals surface area (Å²) in [6.07, 6.45) is -1.77. The molecule has 1 heterocycles. The fraction of sp³-hybridized carbons (Fsp3) is 0.500. The number of carbonyl (C=O) groups is 1. The SMILES string of the molecule is NC(=O)c1cc(C(F)(F)F)ccc1NC1CCCNCC1. The first-order valence-corrected chi connectivity index (χ1v) is 6.86. The van der Waals surface area contributed by atoms with Crippen molar-refractivity contribution in [1.29, 1.82) is 0 Å². The predicted octanol–water partition coefficient (Wildman–Crippen LogP) is 2.36. The van der Waals surface area contributed by atoms with Gasteiger partial charge in [-0.25, -0.2) is 0 Å². The largest absolute Gasteiger partial charge is 0.416 e. The Morgan fingerprint density at radius 3 is 2.71 bits per heavy atom. The van der Waals surface area contributed by atoms with Crippen molar-refractivity contribution in [3.63, 3.8) is 0 Å². The van der Waals surface area contributed by atoms with E-state index in [0.29, 0.717) is 5.69 Å². The maximum atomic E-state index is 12.7. The van der Waals surface area contributed by atoms with Gasteiger partial charge in [0.05, 0.1) is 11.1 Å². The van der Waals surface area contributed by atoms with Crippen LogP contribution < -0.4 is 16.4 Å². The second kappa shape index (κ2) is 6.34. The maximum Gasteiger partial charge on any atom is 0.416 e. The first-order chi connectivity index (χ1) is 9.88. The standard InChI is InChI=1S/C14H18F3N3O/c15-14(16,17)9-3-4-12(11(8-9)13(18)21)20-10-2-1-6-19-7-5-10/h3-4,8,10,19-20H,1-2,5-7H2,(H2,18,21). The third-order valence-electron chi connectivity index (χ3n) is 3.55. The lowest BCUT2D eigenvalue weighted by Gasteiger charge is -2.20. The molecule has 0 bridgehead atoms. The summed E-state index contributed by atoms with van der Waals surface area (Å²) in [5.41, 5.74) is 4.57. The Morgan fingerprint density at radius 1 is 1.29 bits per heavy atom. The molecule has 1 aromatic rings. The fourth-order valence-corrected chi connectivity index (χ4v) is 2.43. The Bertz CT molecular complexity index is 509. The maximum absolute atomic E-state index is 12.7. The van der Waals surface area contributed by atoms with Crippen molar-refractivity contribution in [2.24, 2.45) is 5.73 Å². The van der Waals surface area contributed by atoms with E-state index in [1.807, 2.05) is 0 Å². The van der Waals surface area contributed by atoms with E-state index in [-0.39, 0.29) is 11.6 Å². The van der Waals surface area contributed by atoms with Crippen molar-refractivity contribution in [2.75, 3.05) is 18.4 Å². The van der Waals surface area contributed by atoms with Gasteiger partial charge >= 0.3 is 6.18 Å². The first kappa shape index (κ1) is 15.6. The summed E-state index contributed by atoms with van der Waals surface area (Å²) < 4.78 is 38.1. The minimum Gasteiger partial charge on any atom is -0.382 e. The quantitative estimate of drug-likeness (QED) is 0.803. The number of hydrogen-bond acceptors (Lipinski definition) is 3. The minimum atomic E-state index is -4.49. The smallest absolute Gasteiger partial charge is 0.382 e.